The van der Waals surface area contributed by atoms with Crippen molar-refractivity contribution in [1.82, 2.24) is 0 Å². The molecule has 2 heteroatoms. The van der Waals surface area contributed by atoms with Crippen LogP contribution < -0.4 is 5.73 Å². The Labute approximate surface area is 91.5 Å². The van der Waals surface area contributed by atoms with Gasteiger partial charge >= 0.3 is 0 Å². The van der Waals surface area contributed by atoms with Crippen LogP contribution in [0.3, 0.4) is 0 Å². The van der Waals surface area contributed by atoms with Crippen LogP contribution in [0, 0.1) is 5.82 Å². The van der Waals surface area contributed by atoms with Crippen LogP contribution in [0.25, 0.3) is 0 Å². The van der Waals surface area contributed by atoms with Gasteiger partial charge in [0.2, 0.25) is 0 Å². The molecule has 0 atom stereocenters. The summed E-state index contributed by atoms with van der Waals surface area (Å²) in [5.74, 6) is -0.187. The number of hydrogen-bond donors (Lipinski definition) is 1. The van der Waals surface area contributed by atoms with Gasteiger partial charge < -0.3 is 5.73 Å². The summed E-state index contributed by atoms with van der Waals surface area (Å²) in [5, 5.41) is 0. The van der Waals surface area contributed by atoms with Crippen molar-refractivity contribution in [3.63, 3.8) is 0 Å². The first kappa shape index (κ1) is 12.0. The van der Waals surface area contributed by atoms with Crippen molar-refractivity contribution in [2.24, 2.45) is 0 Å². The maximum atomic E-state index is 12.9. The van der Waals surface area contributed by atoms with E-state index in [1.165, 1.54) is 31.7 Å². The minimum absolute atomic E-state index is 0.187. The highest BCUT2D eigenvalue weighted by atomic mass is 19.1. The van der Waals surface area contributed by atoms with Crippen LogP contribution in [0.2, 0.25) is 0 Å². The Kier molecular flexibility index (Phi) is 5.16. The molecule has 1 aromatic rings. The average molecular weight is 209 g/mol. The maximum Gasteiger partial charge on any atom is 0.123 e. The SMILES string of the molecule is CCCCCCCc1cc(F)ccc1N. The topological polar surface area (TPSA) is 26.0 Å². The number of nitrogen functional groups attached to an aromatic ring is 1. The number of halogens is 1. The van der Waals surface area contributed by atoms with Gasteiger partial charge in [0.25, 0.3) is 0 Å². The van der Waals surface area contributed by atoms with Gasteiger partial charge in [-0.15, -0.1) is 0 Å². The Balaban J connectivity index is 2.33. The first-order valence-corrected chi connectivity index (χ1v) is 5.78. The minimum Gasteiger partial charge on any atom is -0.399 e. The van der Waals surface area contributed by atoms with E-state index in [0.29, 0.717) is 5.69 Å². The van der Waals surface area contributed by atoms with Crippen LogP contribution in [0.5, 0.6) is 0 Å². The normalized spacial score (nSPS) is 10.5. The maximum absolute atomic E-state index is 12.9. The van der Waals surface area contributed by atoms with Crippen LogP contribution in [0.1, 0.15) is 44.6 Å². The van der Waals surface area contributed by atoms with Crippen molar-refractivity contribution in [3.8, 4) is 0 Å². The van der Waals surface area contributed by atoms with Crippen LogP contribution in [0.4, 0.5) is 10.1 Å². The number of rotatable bonds is 6. The molecule has 0 bridgehead atoms. The third-order valence-corrected chi connectivity index (χ3v) is 2.65. The lowest BCUT2D eigenvalue weighted by Crippen LogP contribution is -1.95. The summed E-state index contributed by atoms with van der Waals surface area (Å²) in [4.78, 5) is 0. The van der Waals surface area contributed by atoms with Gasteiger partial charge in [-0.2, -0.15) is 0 Å². The van der Waals surface area contributed by atoms with E-state index < -0.39 is 0 Å². The summed E-state index contributed by atoms with van der Waals surface area (Å²) in [6.07, 6.45) is 7.03. The molecule has 0 unspecified atom stereocenters. The molecule has 84 valence electrons. The van der Waals surface area contributed by atoms with Crippen molar-refractivity contribution in [2.45, 2.75) is 45.4 Å². The molecule has 0 spiro atoms. The van der Waals surface area contributed by atoms with Gasteiger partial charge in [0.05, 0.1) is 0 Å². The zero-order chi connectivity index (χ0) is 11.1. The minimum atomic E-state index is -0.187. The number of nitrogens with two attached hydrogens (primary N) is 1. The van der Waals surface area contributed by atoms with Crippen molar-refractivity contribution < 1.29 is 4.39 Å². The molecule has 0 aromatic heterocycles. The molecule has 0 aliphatic carbocycles. The van der Waals surface area contributed by atoms with E-state index >= 15 is 0 Å². The van der Waals surface area contributed by atoms with Gasteiger partial charge in [-0.3, -0.25) is 0 Å². The molecule has 1 aromatic carbocycles. The number of aryl methyl sites for hydroxylation is 1. The fraction of sp³-hybridized carbons (Fsp3) is 0.538. The highest BCUT2D eigenvalue weighted by molar-refractivity contribution is 5.46. The first-order chi connectivity index (χ1) is 7.24. The van der Waals surface area contributed by atoms with Gasteiger partial charge in [-0.05, 0) is 36.6 Å². The van der Waals surface area contributed by atoms with Crippen molar-refractivity contribution in [3.05, 3.63) is 29.6 Å². The van der Waals surface area contributed by atoms with Crippen LogP contribution in [0.15, 0.2) is 18.2 Å². The monoisotopic (exact) mass is 209 g/mol. The molecule has 15 heavy (non-hydrogen) atoms. The smallest absolute Gasteiger partial charge is 0.123 e. The molecule has 0 saturated heterocycles. The highest BCUT2D eigenvalue weighted by Crippen LogP contribution is 2.16. The first-order valence-electron chi connectivity index (χ1n) is 5.78. The van der Waals surface area contributed by atoms with Crippen molar-refractivity contribution in [1.29, 1.82) is 0 Å². The van der Waals surface area contributed by atoms with Gasteiger partial charge in [-0.25, -0.2) is 4.39 Å². The number of unbranched alkanes of at least 4 members (excludes halogenated alkanes) is 4. The third-order valence-electron chi connectivity index (χ3n) is 2.65. The Hall–Kier alpha value is -1.05. The average Bonchev–Trinajstić information content (AvgIpc) is 2.23. The van der Waals surface area contributed by atoms with Gasteiger partial charge in [0.15, 0.2) is 0 Å². The van der Waals surface area contributed by atoms with Crippen molar-refractivity contribution in [2.75, 3.05) is 5.73 Å². The summed E-state index contributed by atoms with van der Waals surface area (Å²) in [6, 6.07) is 4.61. The molecular formula is C13H20FN. The number of anilines is 1. The molecule has 0 aliphatic heterocycles. The van der Waals surface area contributed by atoms with Crippen LogP contribution >= 0.6 is 0 Å². The summed E-state index contributed by atoms with van der Waals surface area (Å²) in [7, 11) is 0. The summed E-state index contributed by atoms with van der Waals surface area (Å²) in [5.41, 5.74) is 7.43. The van der Waals surface area contributed by atoms with Gasteiger partial charge in [0.1, 0.15) is 5.82 Å². The lowest BCUT2D eigenvalue weighted by molar-refractivity contribution is 0.616. The largest absolute Gasteiger partial charge is 0.399 e. The molecular weight excluding hydrogens is 189 g/mol. The summed E-state index contributed by atoms with van der Waals surface area (Å²) < 4.78 is 12.9. The zero-order valence-corrected chi connectivity index (χ0v) is 9.43. The van der Waals surface area contributed by atoms with E-state index in [0.717, 1.165) is 18.4 Å². The van der Waals surface area contributed by atoms with Gasteiger partial charge in [0, 0.05) is 5.69 Å². The quantitative estimate of drug-likeness (QED) is 0.557. The number of benzene rings is 1. The second-order valence-corrected chi connectivity index (χ2v) is 4.01. The lowest BCUT2D eigenvalue weighted by atomic mass is 10.0. The molecule has 2 N–H and O–H groups in total. The van der Waals surface area contributed by atoms with Gasteiger partial charge in [-0.1, -0.05) is 32.6 Å². The second-order valence-electron chi connectivity index (χ2n) is 4.01. The van der Waals surface area contributed by atoms with E-state index in [9.17, 15) is 4.39 Å². The predicted octanol–water partition coefficient (Wildman–Crippen LogP) is 3.92. The highest BCUT2D eigenvalue weighted by Gasteiger charge is 2.00. The molecule has 0 fully saturated rings. The standard InChI is InChI=1S/C13H20FN/c1-2-3-4-5-6-7-11-10-12(14)8-9-13(11)15/h8-10H,2-7,15H2,1H3. The van der Waals surface area contributed by atoms with E-state index in [4.69, 9.17) is 5.73 Å². The summed E-state index contributed by atoms with van der Waals surface area (Å²) >= 11 is 0. The third kappa shape index (κ3) is 4.32. The van der Waals surface area contributed by atoms with E-state index in [-0.39, 0.29) is 5.82 Å². The molecule has 1 nitrogen and oxygen atoms in total. The Bertz CT molecular complexity index is 297. The zero-order valence-electron chi connectivity index (χ0n) is 9.43. The molecule has 1 rings (SSSR count). The Morgan fingerprint density at radius 1 is 1.13 bits per heavy atom. The van der Waals surface area contributed by atoms with Crippen LogP contribution in [-0.4, -0.2) is 0 Å². The van der Waals surface area contributed by atoms with E-state index in [1.807, 2.05) is 0 Å². The lowest BCUT2D eigenvalue weighted by Gasteiger charge is -2.05. The predicted molar refractivity (Wildman–Crippen MR) is 63.3 cm³/mol. The second kappa shape index (κ2) is 6.44. The Morgan fingerprint density at radius 3 is 2.60 bits per heavy atom. The molecule has 0 radical (unpaired) electrons. The fourth-order valence-corrected chi connectivity index (χ4v) is 1.71. The number of hydrogen-bond acceptors (Lipinski definition) is 1. The van der Waals surface area contributed by atoms with E-state index in [2.05, 4.69) is 6.92 Å². The fourth-order valence-electron chi connectivity index (χ4n) is 1.71. The van der Waals surface area contributed by atoms with E-state index in [1.54, 1.807) is 12.1 Å². The molecule has 0 aliphatic rings. The summed E-state index contributed by atoms with van der Waals surface area (Å²) in [6.45, 7) is 2.20. The molecule has 0 saturated carbocycles. The van der Waals surface area contributed by atoms with Crippen molar-refractivity contribution >= 4 is 5.69 Å². The Morgan fingerprint density at radius 2 is 1.87 bits per heavy atom. The van der Waals surface area contributed by atoms with Crippen LogP contribution in [-0.2, 0) is 6.42 Å². The molecule has 0 amide bonds. The molecule has 0 heterocycles.